The van der Waals surface area contributed by atoms with E-state index in [0.717, 1.165) is 18.5 Å². The lowest BCUT2D eigenvalue weighted by atomic mass is 10.1. The van der Waals surface area contributed by atoms with Crippen LogP contribution in [0.2, 0.25) is 0 Å². The molecule has 2 heteroatoms. The lowest BCUT2D eigenvalue weighted by Gasteiger charge is -2.19. The van der Waals surface area contributed by atoms with Crippen LogP contribution >= 0.6 is 0 Å². The first kappa shape index (κ1) is 14.3. The maximum Gasteiger partial charge on any atom is 0.162 e. The molecule has 2 aromatic carbocycles. The summed E-state index contributed by atoms with van der Waals surface area (Å²) in [6.45, 7) is 2.98. The molecular weight excluding hydrogens is 246 g/mol. The number of anilines is 1. The van der Waals surface area contributed by atoms with Crippen molar-refractivity contribution in [1.29, 1.82) is 0 Å². The monoisotopic (exact) mass is 267 g/mol. The summed E-state index contributed by atoms with van der Waals surface area (Å²) in [5, 5.41) is 0. The van der Waals surface area contributed by atoms with Crippen LogP contribution in [0.4, 0.5) is 5.69 Å². The maximum absolute atomic E-state index is 12.0. The summed E-state index contributed by atoms with van der Waals surface area (Å²) < 4.78 is 0. The number of hydrogen-bond donors (Lipinski definition) is 0. The van der Waals surface area contributed by atoms with Crippen molar-refractivity contribution < 1.29 is 4.79 Å². The Bertz CT molecular complexity index is 563. The summed E-state index contributed by atoms with van der Waals surface area (Å²) in [4.78, 5) is 14.2. The van der Waals surface area contributed by atoms with Crippen LogP contribution in [0.5, 0.6) is 0 Å². The number of aryl methyl sites for hydroxylation is 1. The minimum absolute atomic E-state index is 0.225. The normalized spacial score (nSPS) is 10.3. The second-order valence-corrected chi connectivity index (χ2v) is 5.15. The van der Waals surface area contributed by atoms with Crippen LogP contribution < -0.4 is 4.90 Å². The highest BCUT2D eigenvalue weighted by Crippen LogP contribution is 2.15. The zero-order valence-electron chi connectivity index (χ0n) is 12.2. The average molecular weight is 267 g/mol. The fourth-order valence-electron chi connectivity index (χ4n) is 2.24. The molecule has 0 unspecified atom stereocenters. The molecule has 0 atom stereocenters. The Balaban J connectivity index is 1.83. The zero-order valence-corrected chi connectivity index (χ0v) is 12.2. The highest BCUT2D eigenvalue weighted by molar-refractivity contribution is 5.95. The van der Waals surface area contributed by atoms with Crippen LogP contribution in [0.15, 0.2) is 54.6 Å². The zero-order chi connectivity index (χ0) is 14.4. The van der Waals surface area contributed by atoms with Crippen molar-refractivity contribution in [2.45, 2.75) is 19.8 Å². The van der Waals surface area contributed by atoms with E-state index in [1.54, 1.807) is 0 Å². The molecule has 0 N–H and O–H groups in total. The largest absolute Gasteiger partial charge is 0.375 e. The van der Waals surface area contributed by atoms with E-state index in [4.69, 9.17) is 0 Å². The Kier molecular flexibility index (Phi) is 4.94. The second-order valence-electron chi connectivity index (χ2n) is 5.15. The molecule has 0 aliphatic carbocycles. The van der Waals surface area contributed by atoms with Gasteiger partial charge in [-0.15, -0.1) is 0 Å². The summed E-state index contributed by atoms with van der Waals surface area (Å²) in [7, 11) is 2.07. The Morgan fingerprint density at radius 3 is 2.50 bits per heavy atom. The summed E-state index contributed by atoms with van der Waals surface area (Å²) >= 11 is 0. The average Bonchev–Trinajstić information content (AvgIpc) is 2.48. The highest BCUT2D eigenvalue weighted by atomic mass is 16.1. The topological polar surface area (TPSA) is 20.3 Å². The number of ketones is 1. The van der Waals surface area contributed by atoms with Crippen molar-refractivity contribution in [3.05, 3.63) is 65.7 Å². The van der Waals surface area contributed by atoms with E-state index in [1.807, 2.05) is 30.3 Å². The Morgan fingerprint density at radius 2 is 1.80 bits per heavy atom. The first-order valence-corrected chi connectivity index (χ1v) is 7.03. The summed E-state index contributed by atoms with van der Waals surface area (Å²) in [6.07, 6.45) is 1.47. The van der Waals surface area contributed by atoms with Crippen LogP contribution in [0, 0.1) is 6.92 Å². The number of hydrogen-bond acceptors (Lipinski definition) is 2. The van der Waals surface area contributed by atoms with Crippen molar-refractivity contribution in [2.75, 3.05) is 18.5 Å². The predicted octanol–water partition coefficient (Wildman–Crippen LogP) is 4.09. The van der Waals surface area contributed by atoms with E-state index < -0.39 is 0 Å². The van der Waals surface area contributed by atoms with Gasteiger partial charge in [-0.25, -0.2) is 0 Å². The molecule has 0 heterocycles. The number of benzene rings is 2. The van der Waals surface area contributed by atoms with Crippen LogP contribution in [-0.2, 0) is 0 Å². The molecule has 2 aromatic rings. The summed E-state index contributed by atoms with van der Waals surface area (Å²) in [6, 6.07) is 17.9. The van der Waals surface area contributed by atoms with Gasteiger partial charge in [-0.3, -0.25) is 4.79 Å². The Labute approximate surface area is 121 Å². The number of nitrogens with zero attached hydrogens (tertiary/aromatic N) is 1. The number of rotatable bonds is 6. The SMILES string of the molecule is Cc1cccc(N(C)CCCC(=O)c2ccccc2)c1. The fraction of sp³-hybridized carbons (Fsp3) is 0.278. The van der Waals surface area contributed by atoms with Crippen LogP contribution in [0.25, 0.3) is 0 Å². The molecule has 0 spiro atoms. The van der Waals surface area contributed by atoms with Crippen molar-refractivity contribution >= 4 is 11.5 Å². The molecule has 0 bridgehead atoms. The van der Waals surface area contributed by atoms with Gasteiger partial charge in [0.25, 0.3) is 0 Å². The highest BCUT2D eigenvalue weighted by Gasteiger charge is 2.06. The third-order valence-electron chi connectivity index (χ3n) is 3.44. The lowest BCUT2D eigenvalue weighted by Crippen LogP contribution is -2.19. The second kappa shape index (κ2) is 6.90. The Hall–Kier alpha value is -2.09. The van der Waals surface area contributed by atoms with Gasteiger partial charge < -0.3 is 4.90 Å². The van der Waals surface area contributed by atoms with Gasteiger partial charge in [0, 0.05) is 31.3 Å². The maximum atomic E-state index is 12.0. The fourth-order valence-corrected chi connectivity index (χ4v) is 2.24. The van der Waals surface area contributed by atoms with Crippen LogP contribution in [0.3, 0.4) is 0 Å². The molecule has 2 nitrogen and oxygen atoms in total. The summed E-state index contributed by atoms with van der Waals surface area (Å²) in [5.74, 6) is 0.225. The molecule has 0 fully saturated rings. The molecular formula is C18H21NO. The molecule has 0 radical (unpaired) electrons. The van der Waals surface area contributed by atoms with Crippen LogP contribution in [0.1, 0.15) is 28.8 Å². The van der Waals surface area contributed by atoms with Gasteiger partial charge in [0.1, 0.15) is 0 Å². The molecule has 0 saturated carbocycles. The molecule has 104 valence electrons. The first-order chi connectivity index (χ1) is 9.66. The number of carbonyl (C=O) groups is 1. The third-order valence-corrected chi connectivity index (χ3v) is 3.44. The van der Waals surface area contributed by atoms with E-state index in [1.165, 1.54) is 11.3 Å². The van der Waals surface area contributed by atoms with Crippen LogP contribution in [-0.4, -0.2) is 19.4 Å². The van der Waals surface area contributed by atoms with Gasteiger partial charge in [0.05, 0.1) is 0 Å². The predicted molar refractivity (Wildman–Crippen MR) is 84.5 cm³/mol. The van der Waals surface area contributed by atoms with Gasteiger partial charge in [-0.1, -0.05) is 42.5 Å². The number of Topliss-reactive ketones (excluding diaryl/α,β-unsaturated/α-hetero) is 1. The van der Waals surface area contributed by atoms with E-state index in [0.29, 0.717) is 6.42 Å². The minimum Gasteiger partial charge on any atom is -0.375 e. The van der Waals surface area contributed by atoms with Gasteiger partial charge in [-0.2, -0.15) is 0 Å². The van der Waals surface area contributed by atoms with Crippen molar-refractivity contribution in [1.82, 2.24) is 0 Å². The molecule has 0 saturated heterocycles. The van der Waals surface area contributed by atoms with Gasteiger partial charge >= 0.3 is 0 Å². The van der Waals surface area contributed by atoms with Crippen molar-refractivity contribution in [3.8, 4) is 0 Å². The molecule has 2 rings (SSSR count). The first-order valence-electron chi connectivity index (χ1n) is 7.03. The minimum atomic E-state index is 0.225. The number of carbonyl (C=O) groups excluding carboxylic acids is 1. The lowest BCUT2D eigenvalue weighted by molar-refractivity contribution is 0.0981. The van der Waals surface area contributed by atoms with Gasteiger partial charge in [0.2, 0.25) is 0 Å². The van der Waals surface area contributed by atoms with Crippen molar-refractivity contribution in [2.24, 2.45) is 0 Å². The van der Waals surface area contributed by atoms with Gasteiger partial charge in [0.15, 0.2) is 5.78 Å². The third kappa shape index (κ3) is 3.95. The molecule has 0 aromatic heterocycles. The van der Waals surface area contributed by atoms with Gasteiger partial charge in [-0.05, 0) is 31.0 Å². The van der Waals surface area contributed by atoms with E-state index in [9.17, 15) is 4.79 Å². The van der Waals surface area contributed by atoms with Crippen molar-refractivity contribution in [3.63, 3.8) is 0 Å². The molecule has 0 amide bonds. The Morgan fingerprint density at radius 1 is 1.05 bits per heavy atom. The molecule has 0 aliphatic heterocycles. The van der Waals surface area contributed by atoms with E-state index in [-0.39, 0.29) is 5.78 Å². The quantitative estimate of drug-likeness (QED) is 0.735. The van der Waals surface area contributed by atoms with E-state index in [2.05, 4.69) is 43.1 Å². The molecule has 0 aliphatic rings. The van der Waals surface area contributed by atoms with E-state index >= 15 is 0 Å². The smallest absolute Gasteiger partial charge is 0.162 e. The standard InChI is InChI=1S/C18H21NO/c1-15-8-6-11-17(14-15)19(2)13-7-12-18(20)16-9-4-3-5-10-16/h3-6,8-11,14H,7,12-13H2,1-2H3. The summed E-state index contributed by atoms with van der Waals surface area (Å²) in [5.41, 5.74) is 3.28. The molecule has 20 heavy (non-hydrogen) atoms.